The van der Waals surface area contributed by atoms with Gasteiger partial charge in [0.2, 0.25) is 0 Å². The Morgan fingerprint density at radius 2 is 1.30 bits per heavy atom. The molecule has 1 nitrogen and oxygen atoms in total. The second-order valence-electron chi connectivity index (χ2n) is 5.89. The highest BCUT2D eigenvalue weighted by atomic mass is 15.2. The van der Waals surface area contributed by atoms with Gasteiger partial charge in [-0.1, -0.05) is 48.5 Å². The molecule has 106 valence electrons. The Labute approximate surface area is 123 Å². The first-order chi connectivity index (χ1) is 9.59. The van der Waals surface area contributed by atoms with Gasteiger partial charge in [0.1, 0.15) is 0 Å². The van der Waals surface area contributed by atoms with E-state index in [9.17, 15) is 0 Å². The Bertz CT molecular complexity index is 520. The van der Waals surface area contributed by atoms with Crippen LogP contribution in [0.3, 0.4) is 0 Å². The molecule has 0 aromatic heterocycles. The van der Waals surface area contributed by atoms with E-state index in [-0.39, 0.29) is 0 Å². The van der Waals surface area contributed by atoms with Crippen molar-refractivity contribution >= 4 is 5.69 Å². The summed E-state index contributed by atoms with van der Waals surface area (Å²) in [5, 5.41) is 0. The zero-order valence-electron chi connectivity index (χ0n) is 13.0. The van der Waals surface area contributed by atoms with E-state index in [1.54, 1.807) is 0 Å². The van der Waals surface area contributed by atoms with Crippen LogP contribution < -0.4 is 4.90 Å². The number of rotatable bonds is 5. The molecule has 0 spiro atoms. The molecule has 2 aromatic rings. The van der Waals surface area contributed by atoms with Crippen LogP contribution in [0.25, 0.3) is 0 Å². The molecule has 0 radical (unpaired) electrons. The van der Waals surface area contributed by atoms with Crippen molar-refractivity contribution in [2.24, 2.45) is 0 Å². The molecule has 0 saturated carbocycles. The molecular weight excluding hydrogens is 242 g/mol. The van der Waals surface area contributed by atoms with E-state index in [0.717, 1.165) is 6.42 Å². The summed E-state index contributed by atoms with van der Waals surface area (Å²) in [4.78, 5) is 2.50. The van der Waals surface area contributed by atoms with Crippen LogP contribution in [0.4, 0.5) is 5.69 Å². The van der Waals surface area contributed by atoms with Crippen molar-refractivity contribution in [2.45, 2.75) is 46.2 Å². The van der Waals surface area contributed by atoms with Crippen molar-refractivity contribution < 1.29 is 0 Å². The molecule has 2 rings (SSSR count). The first kappa shape index (κ1) is 14.6. The lowest BCUT2D eigenvalue weighted by atomic mass is 10.0. The Balaban J connectivity index is 2.35. The number of hydrogen-bond donors (Lipinski definition) is 0. The predicted octanol–water partition coefficient (Wildman–Crippen LogP) is 4.90. The molecule has 0 saturated heterocycles. The van der Waals surface area contributed by atoms with Crippen LogP contribution in [0.15, 0.2) is 54.6 Å². The van der Waals surface area contributed by atoms with Crippen LogP contribution in [0.2, 0.25) is 0 Å². The van der Waals surface area contributed by atoms with Gasteiger partial charge in [-0.25, -0.2) is 0 Å². The average Bonchev–Trinajstić information content (AvgIpc) is 2.41. The van der Waals surface area contributed by atoms with Crippen molar-refractivity contribution in [2.75, 3.05) is 4.90 Å². The smallest absolute Gasteiger partial charge is 0.0406 e. The third-order valence-corrected chi connectivity index (χ3v) is 3.62. The summed E-state index contributed by atoms with van der Waals surface area (Å²) in [5.74, 6) is 0. The van der Waals surface area contributed by atoms with Gasteiger partial charge in [0, 0.05) is 17.8 Å². The average molecular weight is 267 g/mol. The number of nitrogens with zero attached hydrogens (tertiary/aromatic N) is 1. The molecule has 2 aromatic carbocycles. The summed E-state index contributed by atoms with van der Waals surface area (Å²) < 4.78 is 0. The van der Waals surface area contributed by atoms with Gasteiger partial charge in [0.05, 0.1) is 0 Å². The van der Waals surface area contributed by atoms with Gasteiger partial charge in [0.25, 0.3) is 0 Å². The summed E-state index contributed by atoms with van der Waals surface area (Å²) in [5.41, 5.74) is 4.13. The minimum atomic E-state index is 0.506. The van der Waals surface area contributed by atoms with E-state index >= 15 is 0 Å². The molecular formula is C19H25N. The van der Waals surface area contributed by atoms with E-state index in [4.69, 9.17) is 0 Å². The van der Waals surface area contributed by atoms with Crippen molar-refractivity contribution in [3.63, 3.8) is 0 Å². The third kappa shape index (κ3) is 3.41. The number of anilines is 1. The minimum absolute atomic E-state index is 0.506. The van der Waals surface area contributed by atoms with Gasteiger partial charge in [-0.3, -0.25) is 0 Å². The summed E-state index contributed by atoms with van der Waals surface area (Å²) in [7, 11) is 0. The predicted molar refractivity (Wildman–Crippen MR) is 88.4 cm³/mol. The highest BCUT2D eigenvalue weighted by molar-refractivity contribution is 5.56. The molecule has 0 aliphatic carbocycles. The van der Waals surface area contributed by atoms with Crippen LogP contribution in [0.5, 0.6) is 0 Å². The van der Waals surface area contributed by atoms with Crippen LogP contribution >= 0.6 is 0 Å². The van der Waals surface area contributed by atoms with Crippen LogP contribution in [0.1, 0.15) is 38.8 Å². The molecule has 0 atom stereocenters. The molecule has 0 unspecified atom stereocenters. The van der Waals surface area contributed by atoms with Crippen molar-refractivity contribution in [3.8, 4) is 0 Å². The minimum Gasteiger partial charge on any atom is -0.366 e. The van der Waals surface area contributed by atoms with E-state index in [0.29, 0.717) is 12.1 Å². The van der Waals surface area contributed by atoms with E-state index in [1.807, 2.05) is 0 Å². The van der Waals surface area contributed by atoms with Gasteiger partial charge >= 0.3 is 0 Å². The normalized spacial score (nSPS) is 11.1. The maximum Gasteiger partial charge on any atom is 0.0406 e. The fourth-order valence-electron chi connectivity index (χ4n) is 2.88. The van der Waals surface area contributed by atoms with Crippen molar-refractivity contribution in [1.29, 1.82) is 0 Å². The Morgan fingerprint density at radius 3 is 1.90 bits per heavy atom. The summed E-state index contributed by atoms with van der Waals surface area (Å²) in [6.45, 7) is 9.05. The number of benzene rings is 2. The Hall–Kier alpha value is -1.76. The second kappa shape index (κ2) is 6.60. The first-order valence-electron chi connectivity index (χ1n) is 7.49. The lowest BCUT2D eigenvalue weighted by Crippen LogP contribution is -2.37. The summed E-state index contributed by atoms with van der Waals surface area (Å²) in [6.07, 6.45) is 0.993. The van der Waals surface area contributed by atoms with E-state index in [2.05, 4.69) is 87.2 Å². The maximum atomic E-state index is 2.50. The van der Waals surface area contributed by atoms with Crippen molar-refractivity contribution in [3.05, 3.63) is 65.7 Å². The van der Waals surface area contributed by atoms with Gasteiger partial charge in [-0.2, -0.15) is 0 Å². The van der Waals surface area contributed by atoms with E-state index in [1.165, 1.54) is 16.8 Å². The first-order valence-corrected chi connectivity index (χ1v) is 7.49. The lowest BCUT2D eigenvalue weighted by molar-refractivity contribution is 0.606. The monoisotopic (exact) mass is 267 g/mol. The highest BCUT2D eigenvalue weighted by Crippen LogP contribution is 2.26. The Kier molecular flexibility index (Phi) is 4.84. The fourth-order valence-corrected chi connectivity index (χ4v) is 2.88. The van der Waals surface area contributed by atoms with E-state index < -0.39 is 0 Å². The lowest BCUT2D eigenvalue weighted by Gasteiger charge is -2.34. The number of para-hydroxylation sites is 1. The van der Waals surface area contributed by atoms with Crippen molar-refractivity contribution in [1.82, 2.24) is 0 Å². The van der Waals surface area contributed by atoms with Crippen LogP contribution in [-0.2, 0) is 6.42 Å². The number of hydrogen-bond acceptors (Lipinski definition) is 1. The SMILES string of the molecule is CC(C)N(c1ccccc1Cc1ccccc1)C(C)C. The summed E-state index contributed by atoms with van der Waals surface area (Å²) in [6, 6.07) is 20.5. The van der Waals surface area contributed by atoms with Gasteiger partial charge in [-0.05, 0) is 51.3 Å². The van der Waals surface area contributed by atoms with Crippen LogP contribution in [0, 0.1) is 0 Å². The fraction of sp³-hybridized carbons (Fsp3) is 0.368. The standard InChI is InChI=1S/C19H25N/c1-15(2)20(16(3)4)19-13-9-8-12-18(19)14-17-10-6-5-7-11-17/h5-13,15-16H,14H2,1-4H3. The molecule has 0 N–H and O–H groups in total. The van der Waals surface area contributed by atoms with Gasteiger partial charge < -0.3 is 4.90 Å². The largest absolute Gasteiger partial charge is 0.366 e. The quantitative estimate of drug-likeness (QED) is 0.744. The molecule has 1 heteroatoms. The molecule has 0 heterocycles. The molecule has 0 aliphatic rings. The topological polar surface area (TPSA) is 3.24 Å². The molecule has 20 heavy (non-hydrogen) atoms. The van der Waals surface area contributed by atoms with Gasteiger partial charge in [0.15, 0.2) is 0 Å². The maximum absolute atomic E-state index is 2.50. The highest BCUT2D eigenvalue weighted by Gasteiger charge is 2.17. The molecule has 0 aliphatic heterocycles. The second-order valence-corrected chi connectivity index (χ2v) is 5.89. The van der Waals surface area contributed by atoms with Gasteiger partial charge in [-0.15, -0.1) is 0 Å². The zero-order valence-corrected chi connectivity index (χ0v) is 13.0. The summed E-state index contributed by atoms with van der Waals surface area (Å²) >= 11 is 0. The van der Waals surface area contributed by atoms with Crippen LogP contribution in [-0.4, -0.2) is 12.1 Å². The molecule has 0 amide bonds. The third-order valence-electron chi connectivity index (χ3n) is 3.62. The molecule has 0 fully saturated rings. The molecule has 0 bridgehead atoms. The zero-order chi connectivity index (χ0) is 14.5. The Morgan fingerprint density at radius 1 is 0.750 bits per heavy atom.